The maximum Gasteiger partial charge on any atom is 0.295 e. The van der Waals surface area contributed by atoms with Gasteiger partial charge in [0, 0.05) is 24.7 Å². The normalized spacial score (nSPS) is 26.4. The van der Waals surface area contributed by atoms with Crippen molar-refractivity contribution < 1.29 is 9.31 Å². The molecule has 1 aromatic carbocycles. The fourth-order valence-corrected chi connectivity index (χ4v) is 3.24. The third-order valence-electron chi connectivity index (χ3n) is 4.12. The van der Waals surface area contributed by atoms with E-state index in [0.29, 0.717) is 6.04 Å². The highest BCUT2D eigenvalue weighted by Crippen LogP contribution is 2.34. The van der Waals surface area contributed by atoms with Gasteiger partial charge in [-0.05, 0) is 31.9 Å². The number of hydrogen-bond acceptors (Lipinski definition) is 4. The van der Waals surface area contributed by atoms with Crippen molar-refractivity contribution in [1.82, 2.24) is 4.90 Å². The average molecular weight is 265 g/mol. The van der Waals surface area contributed by atoms with Crippen molar-refractivity contribution in [2.24, 2.45) is 0 Å². The van der Waals surface area contributed by atoms with Crippen LogP contribution in [0.1, 0.15) is 19.3 Å². The smallest absolute Gasteiger partial charge is 0.295 e. The Morgan fingerprint density at radius 3 is 3.00 bits per heavy atom. The van der Waals surface area contributed by atoms with Crippen LogP contribution >= 0.6 is 0 Å². The third-order valence-corrected chi connectivity index (χ3v) is 4.12. The minimum Gasteiger partial charge on any atom is -0.373 e. The Hall–Kier alpha value is -1.69. The van der Waals surface area contributed by atoms with Crippen molar-refractivity contribution in [3.8, 4) is 0 Å². The van der Waals surface area contributed by atoms with Crippen LogP contribution in [0.3, 0.4) is 0 Å². The molecule has 2 aliphatic rings. The van der Waals surface area contributed by atoms with Crippen molar-refractivity contribution in [2.75, 3.05) is 18.4 Å². The summed E-state index contributed by atoms with van der Waals surface area (Å²) in [4.78, 5) is 12.8. The molecule has 0 aromatic heterocycles. The first-order valence-corrected chi connectivity index (χ1v) is 6.60. The van der Waals surface area contributed by atoms with Crippen LogP contribution in [0.15, 0.2) is 18.2 Å². The van der Waals surface area contributed by atoms with Crippen molar-refractivity contribution in [3.05, 3.63) is 34.1 Å². The second-order valence-corrected chi connectivity index (χ2v) is 5.18. The van der Waals surface area contributed by atoms with E-state index in [0.717, 1.165) is 32.4 Å². The predicted molar refractivity (Wildman–Crippen MR) is 69.7 cm³/mol. The van der Waals surface area contributed by atoms with Crippen molar-refractivity contribution >= 4 is 11.4 Å². The van der Waals surface area contributed by atoms with Gasteiger partial charge >= 0.3 is 0 Å². The molecule has 0 aliphatic carbocycles. The lowest BCUT2D eigenvalue weighted by molar-refractivity contribution is -0.384. The number of nitrogens with one attached hydrogen (secondary N) is 1. The molecular weight excluding hydrogens is 249 g/mol. The van der Waals surface area contributed by atoms with Crippen molar-refractivity contribution in [1.29, 1.82) is 0 Å². The molecule has 6 heteroatoms. The zero-order valence-corrected chi connectivity index (χ0v) is 10.5. The van der Waals surface area contributed by atoms with Crippen LogP contribution in [0.5, 0.6) is 0 Å². The summed E-state index contributed by atoms with van der Waals surface area (Å²) in [5.41, 5.74) is -0.150. The molecule has 102 valence electrons. The van der Waals surface area contributed by atoms with Crippen LogP contribution in [0.4, 0.5) is 15.8 Å². The molecule has 0 radical (unpaired) electrons. The Balaban J connectivity index is 1.85. The zero-order valence-electron chi connectivity index (χ0n) is 10.5. The number of para-hydroxylation sites is 1. The Bertz CT molecular complexity index is 509. The van der Waals surface area contributed by atoms with E-state index in [1.54, 1.807) is 0 Å². The first kappa shape index (κ1) is 12.3. The van der Waals surface area contributed by atoms with Crippen molar-refractivity contribution in [3.63, 3.8) is 0 Å². The van der Waals surface area contributed by atoms with E-state index in [1.807, 2.05) is 0 Å². The highest BCUT2D eigenvalue weighted by atomic mass is 19.1. The Labute approximate surface area is 110 Å². The van der Waals surface area contributed by atoms with E-state index < -0.39 is 10.7 Å². The fraction of sp³-hybridized carbons (Fsp3) is 0.538. The summed E-state index contributed by atoms with van der Waals surface area (Å²) >= 11 is 0. The number of hydrogen-bond donors (Lipinski definition) is 1. The predicted octanol–water partition coefficient (Wildman–Crippen LogP) is 2.38. The summed E-state index contributed by atoms with van der Waals surface area (Å²) in [6.45, 7) is 2.08. The average Bonchev–Trinajstić information content (AvgIpc) is 2.95. The lowest BCUT2D eigenvalue weighted by Gasteiger charge is -2.22. The van der Waals surface area contributed by atoms with Crippen LogP contribution < -0.4 is 5.32 Å². The van der Waals surface area contributed by atoms with Crippen LogP contribution in [-0.2, 0) is 0 Å². The Kier molecular flexibility index (Phi) is 3.10. The Morgan fingerprint density at radius 2 is 2.21 bits per heavy atom. The number of anilines is 1. The molecule has 5 nitrogen and oxygen atoms in total. The number of benzene rings is 1. The van der Waals surface area contributed by atoms with Gasteiger partial charge in [-0.1, -0.05) is 6.07 Å². The van der Waals surface area contributed by atoms with Gasteiger partial charge in [-0.25, -0.2) is 4.39 Å². The molecule has 19 heavy (non-hydrogen) atoms. The van der Waals surface area contributed by atoms with Gasteiger partial charge in [0.15, 0.2) is 5.82 Å². The van der Waals surface area contributed by atoms with Gasteiger partial charge in [0.2, 0.25) is 0 Å². The molecular formula is C13H16FN3O2. The fourth-order valence-electron chi connectivity index (χ4n) is 3.24. The van der Waals surface area contributed by atoms with Gasteiger partial charge < -0.3 is 5.32 Å². The van der Waals surface area contributed by atoms with E-state index in [2.05, 4.69) is 10.2 Å². The Morgan fingerprint density at radius 1 is 1.37 bits per heavy atom. The first-order chi connectivity index (χ1) is 9.16. The van der Waals surface area contributed by atoms with Gasteiger partial charge in [0.05, 0.1) is 4.92 Å². The summed E-state index contributed by atoms with van der Waals surface area (Å²) in [6.07, 6.45) is 3.15. The molecule has 2 aliphatic heterocycles. The molecule has 0 bridgehead atoms. The number of rotatable bonds is 3. The molecule has 2 saturated heterocycles. The highest BCUT2D eigenvalue weighted by Gasteiger charge is 2.38. The molecule has 0 amide bonds. The van der Waals surface area contributed by atoms with Gasteiger partial charge in [-0.15, -0.1) is 0 Å². The van der Waals surface area contributed by atoms with Crippen LogP contribution in [0.2, 0.25) is 0 Å². The van der Waals surface area contributed by atoms with E-state index in [9.17, 15) is 14.5 Å². The largest absolute Gasteiger partial charge is 0.373 e. The minimum absolute atomic E-state index is 0.0336. The van der Waals surface area contributed by atoms with Crippen molar-refractivity contribution in [2.45, 2.75) is 31.3 Å². The molecule has 0 spiro atoms. The molecule has 3 rings (SSSR count). The maximum absolute atomic E-state index is 13.8. The minimum atomic E-state index is -0.550. The number of fused-ring (bicyclic) bond motifs is 1. The third kappa shape index (κ3) is 2.16. The molecule has 0 saturated carbocycles. The SMILES string of the molecule is O=[N+]([O-])c1cccc(F)c1NC1CCN2CCCC12. The second kappa shape index (κ2) is 4.77. The van der Waals surface area contributed by atoms with Gasteiger partial charge in [-0.2, -0.15) is 0 Å². The maximum atomic E-state index is 13.8. The molecule has 2 unspecified atom stereocenters. The zero-order chi connectivity index (χ0) is 13.4. The summed E-state index contributed by atoms with van der Waals surface area (Å²) in [5, 5.41) is 14.0. The summed E-state index contributed by atoms with van der Waals surface area (Å²) in [6, 6.07) is 4.47. The van der Waals surface area contributed by atoms with Gasteiger partial charge in [-0.3, -0.25) is 15.0 Å². The second-order valence-electron chi connectivity index (χ2n) is 5.18. The van der Waals surface area contributed by atoms with Gasteiger partial charge in [0.25, 0.3) is 5.69 Å². The molecule has 1 aromatic rings. The molecule has 2 atom stereocenters. The van der Waals surface area contributed by atoms with Crippen LogP contribution in [-0.4, -0.2) is 35.0 Å². The first-order valence-electron chi connectivity index (χ1n) is 6.60. The lowest BCUT2D eigenvalue weighted by atomic mass is 10.1. The quantitative estimate of drug-likeness (QED) is 0.673. The number of nitrogens with zero attached hydrogens (tertiary/aromatic N) is 2. The number of halogens is 1. The molecule has 1 N–H and O–H groups in total. The molecule has 2 heterocycles. The van der Waals surface area contributed by atoms with Gasteiger partial charge in [0.1, 0.15) is 5.69 Å². The summed E-state index contributed by atoms with van der Waals surface area (Å²) in [5.74, 6) is -0.550. The standard InChI is InChI=1S/C13H16FN3O2/c14-9-3-1-4-12(17(18)19)13(9)15-10-6-8-16-7-2-5-11(10)16/h1,3-4,10-11,15H,2,5-8H2. The number of nitro groups is 1. The van der Waals surface area contributed by atoms with Crippen LogP contribution in [0.25, 0.3) is 0 Å². The van der Waals surface area contributed by atoms with Crippen LogP contribution in [0, 0.1) is 15.9 Å². The number of nitro benzene ring substituents is 1. The van der Waals surface area contributed by atoms with E-state index in [-0.39, 0.29) is 17.4 Å². The topological polar surface area (TPSA) is 58.4 Å². The summed E-state index contributed by atoms with van der Waals surface area (Å²) in [7, 11) is 0. The van der Waals surface area contributed by atoms with E-state index >= 15 is 0 Å². The van der Waals surface area contributed by atoms with E-state index in [1.165, 1.54) is 18.2 Å². The molecule has 2 fully saturated rings. The van der Waals surface area contributed by atoms with E-state index in [4.69, 9.17) is 0 Å². The highest BCUT2D eigenvalue weighted by molar-refractivity contribution is 5.63. The summed E-state index contributed by atoms with van der Waals surface area (Å²) < 4.78 is 13.8. The monoisotopic (exact) mass is 265 g/mol. The lowest BCUT2D eigenvalue weighted by Crippen LogP contribution is -2.34.